The minimum atomic E-state index is 1.18. The number of nitrogens with zero attached hydrogens (tertiary/aromatic N) is 2. The zero-order chi connectivity index (χ0) is 37.9. The lowest BCUT2D eigenvalue weighted by Crippen LogP contribution is -1.97. The van der Waals surface area contributed by atoms with Crippen LogP contribution in [0, 0.1) is 0 Å². The fourth-order valence-electron chi connectivity index (χ4n) is 10.1. The van der Waals surface area contributed by atoms with E-state index in [1.165, 1.54) is 121 Å². The van der Waals surface area contributed by atoms with Gasteiger partial charge in [-0.2, -0.15) is 0 Å². The molecular weight excluding hydrogens is 701 g/mol. The van der Waals surface area contributed by atoms with Crippen molar-refractivity contribution in [3.8, 4) is 55.9 Å². The average molecular weight is 735 g/mol. The van der Waals surface area contributed by atoms with E-state index in [1.54, 1.807) is 0 Å². The lowest BCUT2D eigenvalue weighted by Gasteiger charge is -2.15. The van der Waals surface area contributed by atoms with Gasteiger partial charge in [0.25, 0.3) is 0 Å². The molecule has 0 amide bonds. The van der Waals surface area contributed by atoms with Crippen molar-refractivity contribution in [3.63, 3.8) is 0 Å². The summed E-state index contributed by atoms with van der Waals surface area (Å²) in [5, 5.41) is 10.2. The monoisotopic (exact) mass is 734 g/mol. The van der Waals surface area contributed by atoms with Gasteiger partial charge in [-0.15, -0.1) is 0 Å². The van der Waals surface area contributed by atoms with E-state index in [4.69, 9.17) is 0 Å². The third kappa shape index (κ3) is 4.37. The molecule has 0 unspecified atom stereocenters. The maximum atomic E-state index is 2.49. The van der Waals surface area contributed by atoms with Gasteiger partial charge in [0.05, 0.1) is 27.8 Å². The lowest BCUT2D eigenvalue weighted by molar-refractivity contribution is 1.18. The van der Waals surface area contributed by atoms with E-state index in [-0.39, 0.29) is 0 Å². The van der Waals surface area contributed by atoms with Gasteiger partial charge in [0.15, 0.2) is 0 Å². The predicted molar refractivity (Wildman–Crippen MR) is 245 cm³/mol. The molecule has 2 nitrogen and oxygen atoms in total. The van der Waals surface area contributed by atoms with Crippen LogP contribution in [0.1, 0.15) is 0 Å². The van der Waals surface area contributed by atoms with E-state index in [9.17, 15) is 0 Å². The van der Waals surface area contributed by atoms with E-state index in [2.05, 4.69) is 215 Å². The standard InChI is InChI=1S/C56H34N2/c1-2-12-35(13-3-1)41-17-6-8-22-51(41)58-54-31-26-39(33-50(54)47-28-24-36-14-4-5-18-42(36)56(47)58)38-25-30-53-49(32-38)44-19-7-9-23-52(44)57(53)40-27-29-43-45-20-10-15-37-16-11-21-46(55(37)45)48(43)34-40/h1-34H. The van der Waals surface area contributed by atoms with Gasteiger partial charge in [0.1, 0.15) is 0 Å². The Bertz CT molecular complexity index is 3670. The van der Waals surface area contributed by atoms with Crippen LogP contribution in [0.15, 0.2) is 206 Å². The van der Waals surface area contributed by atoms with Crippen molar-refractivity contribution in [2.75, 3.05) is 0 Å². The summed E-state index contributed by atoms with van der Waals surface area (Å²) in [4.78, 5) is 0. The Morgan fingerprint density at radius 3 is 1.72 bits per heavy atom. The molecule has 0 saturated heterocycles. The highest BCUT2D eigenvalue weighted by Gasteiger charge is 2.23. The molecule has 0 saturated carbocycles. The number of fused-ring (bicyclic) bond motifs is 11. The van der Waals surface area contributed by atoms with Gasteiger partial charge >= 0.3 is 0 Å². The molecule has 10 aromatic carbocycles. The fourth-order valence-corrected chi connectivity index (χ4v) is 10.1. The molecule has 2 aromatic heterocycles. The smallest absolute Gasteiger partial charge is 0.0619 e. The molecule has 58 heavy (non-hydrogen) atoms. The maximum absolute atomic E-state index is 2.49. The number of hydrogen-bond acceptors (Lipinski definition) is 0. The molecule has 0 radical (unpaired) electrons. The molecule has 13 rings (SSSR count). The Morgan fingerprint density at radius 2 is 0.897 bits per heavy atom. The second kappa shape index (κ2) is 11.9. The van der Waals surface area contributed by atoms with Crippen molar-refractivity contribution in [1.29, 1.82) is 0 Å². The first kappa shape index (κ1) is 31.5. The summed E-state index contributed by atoms with van der Waals surface area (Å²) in [6.45, 7) is 0. The number of rotatable bonds is 4. The molecule has 0 spiro atoms. The van der Waals surface area contributed by atoms with Gasteiger partial charge in [-0.3, -0.25) is 0 Å². The van der Waals surface area contributed by atoms with Gasteiger partial charge < -0.3 is 9.13 Å². The molecule has 0 atom stereocenters. The maximum Gasteiger partial charge on any atom is 0.0619 e. The quantitative estimate of drug-likeness (QED) is 0.170. The van der Waals surface area contributed by atoms with Crippen LogP contribution in [-0.2, 0) is 0 Å². The Morgan fingerprint density at radius 1 is 0.276 bits per heavy atom. The average Bonchev–Trinajstić information content (AvgIpc) is 3.93. The number of hydrogen-bond donors (Lipinski definition) is 0. The highest BCUT2D eigenvalue weighted by Crippen LogP contribution is 2.48. The highest BCUT2D eigenvalue weighted by molar-refractivity contribution is 6.20. The molecule has 0 fully saturated rings. The van der Waals surface area contributed by atoms with Crippen LogP contribution < -0.4 is 0 Å². The summed E-state index contributed by atoms with van der Waals surface area (Å²) in [6, 6.07) is 76.2. The lowest BCUT2D eigenvalue weighted by atomic mass is 10.00. The van der Waals surface area contributed by atoms with Gasteiger partial charge in [-0.05, 0) is 104 Å². The molecule has 2 heterocycles. The molecule has 12 aromatic rings. The summed E-state index contributed by atoms with van der Waals surface area (Å²) in [6.07, 6.45) is 0. The van der Waals surface area contributed by atoms with E-state index < -0.39 is 0 Å². The Hall–Kier alpha value is -7.68. The van der Waals surface area contributed by atoms with Crippen molar-refractivity contribution in [2.45, 2.75) is 0 Å². The summed E-state index contributed by atoms with van der Waals surface area (Å²) < 4.78 is 4.94. The van der Waals surface area contributed by atoms with Gasteiger partial charge in [-0.25, -0.2) is 0 Å². The minimum Gasteiger partial charge on any atom is -0.309 e. The molecular formula is C56H34N2. The number of para-hydroxylation sites is 2. The van der Waals surface area contributed by atoms with E-state index in [0.29, 0.717) is 0 Å². The minimum absolute atomic E-state index is 1.18. The van der Waals surface area contributed by atoms with Crippen LogP contribution in [0.2, 0.25) is 0 Å². The van der Waals surface area contributed by atoms with E-state index in [1.807, 2.05) is 0 Å². The molecule has 268 valence electrons. The molecule has 1 aliphatic carbocycles. The molecule has 1 aliphatic rings. The Kier molecular flexibility index (Phi) is 6.47. The predicted octanol–water partition coefficient (Wildman–Crippen LogP) is 15.2. The van der Waals surface area contributed by atoms with Crippen molar-refractivity contribution < 1.29 is 0 Å². The molecule has 2 heteroatoms. The highest BCUT2D eigenvalue weighted by atomic mass is 15.0. The van der Waals surface area contributed by atoms with Gasteiger partial charge in [0, 0.05) is 38.2 Å². The van der Waals surface area contributed by atoms with E-state index in [0.717, 1.165) is 0 Å². The first-order valence-electron chi connectivity index (χ1n) is 20.1. The largest absolute Gasteiger partial charge is 0.309 e. The summed E-state index contributed by atoms with van der Waals surface area (Å²) in [7, 11) is 0. The van der Waals surface area contributed by atoms with Gasteiger partial charge in [-0.1, -0.05) is 158 Å². The third-order valence-electron chi connectivity index (χ3n) is 12.6. The first-order chi connectivity index (χ1) is 28.8. The number of aromatic nitrogens is 2. The fraction of sp³-hybridized carbons (Fsp3) is 0. The van der Waals surface area contributed by atoms with Crippen molar-refractivity contribution in [2.24, 2.45) is 0 Å². The molecule has 0 bridgehead atoms. The zero-order valence-corrected chi connectivity index (χ0v) is 31.5. The van der Waals surface area contributed by atoms with Crippen LogP contribution in [-0.4, -0.2) is 9.13 Å². The second-order valence-electron chi connectivity index (χ2n) is 15.7. The van der Waals surface area contributed by atoms with E-state index >= 15 is 0 Å². The third-order valence-corrected chi connectivity index (χ3v) is 12.6. The van der Waals surface area contributed by atoms with Gasteiger partial charge in [0.2, 0.25) is 0 Å². The van der Waals surface area contributed by atoms with Crippen molar-refractivity contribution in [1.82, 2.24) is 9.13 Å². The topological polar surface area (TPSA) is 9.86 Å². The second-order valence-corrected chi connectivity index (χ2v) is 15.7. The zero-order valence-electron chi connectivity index (χ0n) is 31.5. The molecule has 0 N–H and O–H groups in total. The van der Waals surface area contributed by atoms with Crippen molar-refractivity contribution in [3.05, 3.63) is 206 Å². The van der Waals surface area contributed by atoms with Crippen molar-refractivity contribution >= 4 is 65.2 Å². The van der Waals surface area contributed by atoms with Crippen LogP contribution in [0.25, 0.3) is 121 Å². The summed E-state index contributed by atoms with van der Waals surface area (Å²) in [5.74, 6) is 0. The van der Waals surface area contributed by atoms with Crippen LogP contribution in [0.5, 0.6) is 0 Å². The first-order valence-corrected chi connectivity index (χ1v) is 20.1. The number of benzene rings is 10. The van der Waals surface area contributed by atoms with Crippen LogP contribution in [0.4, 0.5) is 0 Å². The molecule has 0 aliphatic heterocycles. The SMILES string of the molecule is c1ccc(-c2ccccc2-n2c3ccc(-c4ccc5c(c4)c4ccccc4n5-c4ccc5c(c4)-c4cccc6cccc-5c46)cc3c3ccc4ccccc4c32)cc1. The summed E-state index contributed by atoms with van der Waals surface area (Å²) >= 11 is 0. The Balaban J connectivity index is 1.01. The normalized spacial score (nSPS) is 12.1. The Labute approximate surface area is 335 Å². The van der Waals surface area contributed by atoms with Crippen LogP contribution >= 0.6 is 0 Å². The summed E-state index contributed by atoms with van der Waals surface area (Å²) in [5.41, 5.74) is 17.3. The van der Waals surface area contributed by atoms with Crippen LogP contribution in [0.3, 0.4) is 0 Å².